The molecule has 1 unspecified atom stereocenters. The second kappa shape index (κ2) is 5.96. The Hall–Kier alpha value is -2.01. The highest BCUT2D eigenvalue weighted by atomic mass is 19.4. The summed E-state index contributed by atoms with van der Waals surface area (Å²) < 4.78 is 39.3. The summed E-state index contributed by atoms with van der Waals surface area (Å²) in [5.41, 5.74) is 0.577. The van der Waals surface area contributed by atoms with Crippen molar-refractivity contribution < 1.29 is 18.3 Å². The Labute approximate surface area is 114 Å². The molecule has 0 radical (unpaired) electrons. The highest BCUT2D eigenvalue weighted by Crippen LogP contribution is 2.36. The van der Waals surface area contributed by atoms with Gasteiger partial charge in [0.15, 0.2) is 0 Å². The summed E-state index contributed by atoms with van der Waals surface area (Å²) in [6.07, 6.45) is -4.48. The van der Waals surface area contributed by atoms with Crippen LogP contribution in [-0.2, 0) is 6.54 Å². The molecule has 2 rings (SSSR count). The highest BCUT2D eigenvalue weighted by Gasteiger charge is 2.41. The molecule has 0 aliphatic rings. The number of benzene rings is 2. The van der Waals surface area contributed by atoms with Crippen molar-refractivity contribution in [2.45, 2.75) is 18.8 Å². The molecule has 2 aromatic rings. The highest BCUT2D eigenvalue weighted by molar-refractivity contribution is 5.35. The Morgan fingerprint density at radius 1 is 0.950 bits per heavy atom. The summed E-state index contributed by atoms with van der Waals surface area (Å²) >= 11 is 0. The van der Waals surface area contributed by atoms with Crippen LogP contribution in [0.2, 0.25) is 0 Å². The van der Waals surface area contributed by atoms with Gasteiger partial charge in [0.1, 0.15) is 11.8 Å². The Morgan fingerprint density at radius 2 is 1.55 bits per heavy atom. The van der Waals surface area contributed by atoms with Crippen molar-refractivity contribution in [3.05, 3.63) is 65.7 Å². The average Bonchev–Trinajstić information content (AvgIpc) is 2.41. The van der Waals surface area contributed by atoms with E-state index in [0.29, 0.717) is 0 Å². The summed E-state index contributed by atoms with van der Waals surface area (Å²) in [4.78, 5) is 0. The normalized spacial score (nSPS) is 13.2. The summed E-state index contributed by atoms with van der Waals surface area (Å²) in [6.45, 7) is 0.0688. The number of para-hydroxylation sites is 1. The van der Waals surface area contributed by atoms with Crippen LogP contribution in [-0.4, -0.2) is 11.3 Å². The molecule has 0 aliphatic heterocycles. The van der Waals surface area contributed by atoms with Gasteiger partial charge in [0.05, 0.1) is 0 Å². The lowest BCUT2D eigenvalue weighted by atomic mass is 10.0. The number of hydrogen-bond donors (Lipinski definition) is 2. The Bertz CT molecular complexity index is 555. The van der Waals surface area contributed by atoms with Crippen molar-refractivity contribution in [1.82, 2.24) is 5.32 Å². The molecule has 0 fully saturated rings. The van der Waals surface area contributed by atoms with Crippen LogP contribution in [0.15, 0.2) is 54.6 Å². The molecule has 1 atom stereocenters. The van der Waals surface area contributed by atoms with Gasteiger partial charge in [0.2, 0.25) is 0 Å². The number of aromatic hydroxyl groups is 1. The van der Waals surface area contributed by atoms with Crippen LogP contribution in [0.5, 0.6) is 5.75 Å². The van der Waals surface area contributed by atoms with Crippen LogP contribution in [0.25, 0.3) is 0 Å². The minimum Gasteiger partial charge on any atom is -0.508 e. The summed E-state index contributed by atoms with van der Waals surface area (Å²) in [7, 11) is 0. The number of nitrogens with one attached hydrogen (secondary N) is 1. The summed E-state index contributed by atoms with van der Waals surface area (Å²) in [6, 6.07) is 12.4. The third-order valence-corrected chi connectivity index (χ3v) is 2.93. The molecule has 0 aromatic heterocycles. The van der Waals surface area contributed by atoms with E-state index in [1.807, 2.05) is 0 Å². The van der Waals surface area contributed by atoms with Crippen molar-refractivity contribution in [2.24, 2.45) is 0 Å². The Kier molecular flexibility index (Phi) is 4.29. The van der Waals surface area contributed by atoms with Gasteiger partial charge in [-0.2, -0.15) is 13.2 Å². The van der Waals surface area contributed by atoms with Gasteiger partial charge in [-0.15, -0.1) is 0 Å². The molecular formula is C15H14F3NO. The molecule has 0 spiro atoms. The number of rotatable bonds is 4. The van der Waals surface area contributed by atoms with Crippen LogP contribution in [0.1, 0.15) is 17.2 Å². The van der Waals surface area contributed by atoms with Gasteiger partial charge in [-0.25, -0.2) is 0 Å². The fourth-order valence-corrected chi connectivity index (χ4v) is 1.95. The first-order valence-electron chi connectivity index (χ1n) is 6.10. The molecule has 2 aromatic carbocycles. The van der Waals surface area contributed by atoms with Crippen LogP contribution in [0.4, 0.5) is 13.2 Å². The predicted molar refractivity (Wildman–Crippen MR) is 70.2 cm³/mol. The number of phenols is 1. The SMILES string of the molecule is Oc1ccccc1C(NCc1ccccc1)C(F)(F)F. The van der Waals surface area contributed by atoms with Crippen LogP contribution in [0, 0.1) is 0 Å². The van der Waals surface area contributed by atoms with E-state index in [1.54, 1.807) is 30.3 Å². The molecule has 0 amide bonds. The van der Waals surface area contributed by atoms with Crippen LogP contribution in [0.3, 0.4) is 0 Å². The zero-order valence-electron chi connectivity index (χ0n) is 10.6. The molecule has 2 N–H and O–H groups in total. The first-order valence-corrected chi connectivity index (χ1v) is 6.10. The lowest BCUT2D eigenvalue weighted by Crippen LogP contribution is -2.33. The molecule has 0 aliphatic carbocycles. The lowest BCUT2D eigenvalue weighted by Gasteiger charge is -2.23. The van der Waals surface area contributed by atoms with E-state index in [-0.39, 0.29) is 17.9 Å². The maximum Gasteiger partial charge on any atom is 0.408 e. The topological polar surface area (TPSA) is 32.3 Å². The maximum absolute atomic E-state index is 13.1. The van der Waals surface area contributed by atoms with Gasteiger partial charge in [-0.3, -0.25) is 5.32 Å². The van der Waals surface area contributed by atoms with E-state index in [2.05, 4.69) is 5.32 Å². The molecule has 0 bridgehead atoms. The standard InChI is InChI=1S/C15H14F3NO/c16-15(17,18)14(12-8-4-5-9-13(12)20)19-10-11-6-2-1-3-7-11/h1-9,14,19-20H,10H2. The van der Waals surface area contributed by atoms with Crippen molar-refractivity contribution in [1.29, 1.82) is 0 Å². The quantitative estimate of drug-likeness (QED) is 0.893. The van der Waals surface area contributed by atoms with E-state index in [4.69, 9.17) is 0 Å². The van der Waals surface area contributed by atoms with Crippen LogP contribution < -0.4 is 5.32 Å². The van der Waals surface area contributed by atoms with E-state index < -0.39 is 12.2 Å². The monoisotopic (exact) mass is 281 g/mol. The van der Waals surface area contributed by atoms with Crippen molar-refractivity contribution >= 4 is 0 Å². The number of phenolic OH excluding ortho intramolecular Hbond substituents is 1. The molecule has 0 saturated carbocycles. The van der Waals surface area contributed by atoms with E-state index in [0.717, 1.165) is 5.56 Å². The van der Waals surface area contributed by atoms with E-state index >= 15 is 0 Å². The van der Waals surface area contributed by atoms with E-state index in [9.17, 15) is 18.3 Å². The van der Waals surface area contributed by atoms with Gasteiger partial charge in [-0.1, -0.05) is 48.5 Å². The van der Waals surface area contributed by atoms with Gasteiger partial charge in [0.25, 0.3) is 0 Å². The minimum atomic E-state index is -4.48. The minimum absolute atomic E-state index is 0.0688. The largest absolute Gasteiger partial charge is 0.508 e. The molecule has 106 valence electrons. The second-order valence-corrected chi connectivity index (χ2v) is 4.40. The third kappa shape index (κ3) is 3.51. The van der Waals surface area contributed by atoms with Crippen molar-refractivity contribution in [2.75, 3.05) is 0 Å². The fraction of sp³-hybridized carbons (Fsp3) is 0.200. The summed E-state index contributed by atoms with van der Waals surface area (Å²) in [5, 5.41) is 12.0. The van der Waals surface area contributed by atoms with Crippen molar-refractivity contribution in [3.8, 4) is 5.75 Å². The number of halogens is 3. The fourth-order valence-electron chi connectivity index (χ4n) is 1.95. The molecular weight excluding hydrogens is 267 g/mol. The predicted octanol–water partition coefficient (Wildman–Crippen LogP) is 3.79. The first-order chi connectivity index (χ1) is 9.48. The lowest BCUT2D eigenvalue weighted by molar-refractivity contribution is -0.158. The molecule has 2 nitrogen and oxygen atoms in total. The average molecular weight is 281 g/mol. The van der Waals surface area contributed by atoms with Crippen LogP contribution >= 0.6 is 0 Å². The molecule has 0 heterocycles. The maximum atomic E-state index is 13.1. The van der Waals surface area contributed by atoms with Gasteiger partial charge in [-0.05, 0) is 11.6 Å². The summed E-state index contributed by atoms with van der Waals surface area (Å²) in [5.74, 6) is -0.365. The first kappa shape index (κ1) is 14.4. The molecule has 20 heavy (non-hydrogen) atoms. The van der Waals surface area contributed by atoms with Gasteiger partial charge < -0.3 is 5.11 Å². The van der Waals surface area contributed by atoms with Crippen molar-refractivity contribution in [3.63, 3.8) is 0 Å². The Balaban J connectivity index is 2.20. The number of hydrogen-bond acceptors (Lipinski definition) is 2. The van der Waals surface area contributed by atoms with Gasteiger partial charge >= 0.3 is 6.18 Å². The molecule has 0 saturated heterocycles. The van der Waals surface area contributed by atoms with E-state index in [1.165, 1.54) is 24.3 Å². The zero-order chi connectivity index (χ0) is 14.6. The smallest absolute Gasteiger partial charge is 0.408 e. The van der Waals surface area contributed by atoms with Gasteiger partial charge in [0, 0.05) is 12.1 Å². The zero-order valence-corrected chi connectivity index (χ0v) is 10.6. The Morgan fingerprint density at radius 3 is 2.15 bits per heavy atom. The third-order valence-electron chi connectivity index (χ3n) is 2.93. The molecule has 5 heteroatoms. The number of alkyl halides is 3. The second-order valence-electron chi connectivity index (χ2n) is 4.40.